The van der Waals surface area contributed by atoms with Crippen LogP contribution in [0.25, 0.3) is 21.0 Å². The summed E-state index contributed by atoms with van der Waals surface area (Å²) in [6, 6.07) is 20.1. The maximum atomic E-state index is 12.6. The minimum absolute atomic E-state index is 0.197. The Bertz CT molecular complexity index is 1250. The van der Waals surface area contributed by atoms with Crippen molar-refractivity contribution in [2.24, 2.45) is 0 Å². The molecule has 164 valence electrons. The van der Waals surface area contributed by atoms with Crippen molar-refractivity contribution in [3.63, 3.8) is 0 Å². The van der Waals surface area contributed by atoms with Crippen LogP contribution in [0.3, 0.4) is 0 Å². The molecule has 0 atom stereocenters. The first-order chi connectivity index (χ1) is 15.7. The number of carbonyl (C=O) groups excluding carboxylic acids is 1. The molecule has 0 spiro atoms. The van der Waals surface area contributed by atoms with E-state index in [0.717, 1.165) is 57.7 Å². The molecule has 5 rings (SSSR count). The number of fused-ring (bicyclic) bond motifs is 2. The normalized spacial score (nSPS) is 14.3. The molecule has 1 aliphatic heterocycles. The van der Waals surface area contributed by atoms with E-state index in [4.69, 9.17) is 21.3 Å². The Balaban J connectivity index is 1.08. The van der Waals surface area contributed by atoms with Crippen molar-refractivity contribution in [1.82, 2.24) is 9.88 Å². The lowest BCUT2D eigenvalue weighted by atomic mass is 10.1. The van der Waals surface area contributed by atoms with Gasteiger partial charge in [-0.1, -0.05) is 53.3 Å². The maximum Gasteiger partial charge on any atom is 0.222 e. The van der Waals surface area contributed by atoms with Gasteiger partial charge in [-0.3, -0.25) is 4.79 Å². The van der Waals surface area contributed by atoms with Crippen molar-refractivity contribution < 1.29 is 9.53 Å². The summed E-state index contributed by atoms with van der Waals surface area (Å²) in [5.41, 5.74) is 0.972. The Morgan fingerprint density at radius 2 is 1.81 bits per heavy atom. The van der Waals surface area contributed by atoms with Crippen LogP contribution in [0.5, 0.6) is 5.75 Å². The van der Waals surface area contributed by atoms with Crippen LogP contribution in [0.4, 0.5) is 5.13 Å². The third-order valence-corrected chi connectivity index (χ3v) is 7.08. The topological polar surface area (TPSA) is 45.7 Å². The Kier molecular flexibility index (Phi) is 6.14. The summed E-state index contributed by atoms with van der Waals surface area (Å²) >= 11 is 7.74. The number of nitrogens with zero attached hydrogens (tertiary/aromatic N) is 3. The van der Waals surface area contributed by atoms with Gasteiger partial charge in [-0.25, -0.2) is 4.98 Å². The number of carbonyl (C=O) groups is 1. The molecule has 4 aromatic rings. The lowest BCUT2D eigenvalue weighted by molar-refractivity contribution is -0.131. The Hall–Kier alpha value is -2.83. The van der Waals surface area contributed by atoms with Crippen molar-refractivity contribution in [2.45, 2.75) is 12.8 Å². The molecule has 0 bridgehead atoms. The number of amides is 1. The molecule has 7 heteroatoms. The molecular weight excluding hydrogens is 442 g/mol. The van der Waals surface area contributed by atoms with Crippen LogP contribution in [0.2, 0.25) is 5.02 Å². The van der Waals surface area contributed by atoms with Crippen molar-refractivity contribution in [1.29, 1.82) is 0 Å². The van der Waals surface area contributed by atoms with Gasteiger partial charge in [0, 0.05) is 37.6 Å². The van der Waals surface area contributed by atoms with E-state index in [2.05, 4.69) is 23.1 Å². The van der Waals surface area contributed by atoms with Gasteiger partial charge in [-0.15, -0.1) is 0 Å². The molecule has 1 amide bonds. The first kappa shape index (κ1) is 21.0. The number of halogens is 1. The van der Waals surface area contributed by atoms with Crippen LogP contribution < -0.4 is 9.64 Å². The van der Waals surface area contributed by atoms with Gasteiger partial charge in [0.1, 0.15) is 5.75 Å². The van der Waals surface area contributed by atoms with Crippen LogP contribution in [-0.2, 0) is 4.79 Å². The summed E-state index contributed by atoms with van der Waals surface area (Å²) in [4.78, 5) is 21.6. The van der Waals surface area contributed by atoms with E-state index in [1.807, 2.05) is 47.4 Å². The van der Waals surface area contributed by atoms with E-state index in [0.29, 0.717) is 19.4 Å². The zero-order chi connectivity index (χ0) is 21.9. The summed E-state index contributed by atoms with van der Waals surface area (Å²) in [5.74, 6) is 1.05. The zero-order valence-corrected chi connectivity index (χ0v) is 19.2. The molecule has 2 heterocycles. The van der Waals surface area contributed by atoms with Crippen LogP contribution in [-0.4, -0.2) is 48.6 Å². The van der Waals surface area contributed by atoms with Gasteiger partial charge in [0.2, 0.25) is 5.91 Å². The van der Waals surface area contributed by atoms with Gasteiger partial charge < -0.3 is 14.5 Å². The number of ether oxygens (including phenoxy) is 1. The molecule has 0 radical (unpaired) electrons. The second-order valence-corrected chi connectivity index (χ2v) is 9.38. The SMILES string of the molecule is O=C(CCCOc1ccc2ccccc2c1)N1CCN(c2nc3ccc(Cl)cc3s2)CC1. The standard InChI is InChI=1S/C25H24ClN3O2S/c26-20-8-10-22-23(17-20)32-25(27-22)29-13-11-28(12-14-29)24(30)6-3-15-31-21-9-7-18-4-1-2-5-19(18)16-21/h1-2,4-5,7-10,16-17H,3,6,11-15H2. The number of piperazine rings is 1. The van der Waals surface area contributed by atoms with E-state index in [1.54, 1.807) is 11.3 Å². The predicted octanol–water partition coefficient (Wildman–Crippen LogP) is 5.61. The largest absolute Gasteiger partial charge is 0.494 e. The average Bonchev–Trinajstić information content (AvgIpc) is 3.25. The highest BCUT2D eigenvalue weighted by Gasteiger charge is 2.22. The fourth-order valence-corrected chi connectivity index (χ4v) is 5.29. The van der Waals surface area contributed by atoms with Gasteiger partial charge in [0.05, 0.1) is 16.8 Å². The van der Waals surface area contributed by atoms with E-state index < -0.39 is 0 Å². The highest BCUT2D eigenvalue weighted by Crippen LogP contribution is 2.31. The highest BCUT2D eigenvalue weighted by atomic mass is 35.5. The van der Waals surface area contributed by atoms with E-state index in [1.165, 1.54) is 5.39 Å². The fraction of sp³-hybridized carbons (Fsp3) is 0.280. The number of anilines is 1. The molecule has 0 aliphatic carbocycles. The summed E-state index contributed by atoms with van der Waals surface area (Å²) in [5, 5.41) is 4.09. The molecule has 1 saturated heterocycles. The third kappa shape index (κ3) is 4.66. The van der Waals surface area contributed by atoms with Crippen molar-refractivity contribution in [3.8, 4) is 5.75 Å². The zero-order valence-electron chi connectivity index (χ0n) is 17.7. The molecule has 5 nitrogen and oxygen atoms in total. The van der Waals surface area contributed by atoms with Gasteiger partial charge in [0.15, 0.2) is 5.13 Å². The molecule has 1 aliphatic rings. The van der Waals surface area contributed by atoms with Gasteiger partial charge in [-0.05, 0) is 47.5 Å². The monoisotopic (exact) mass is 465 g/mol. The number of thiazole rings is 1. The summed E-state index contributed by atoms with van der Waals surface area (Å²) in [6.45, 7) is 3.58. The van der Waals surface area contributed by atoms with Crippen molar-refractivity contribution in [2.75, 3.05) is 37.7 Å². The summed E-state index contributed by atoms with van der Waals surface area (Å²) in [7, 11) is 0. The van der Waals surface area contributed by atoms with Gasteiger partial charge >= 0.3 is 0 Å². The second kappa shape index (κ2) is 9.35. The number of hydrogen-bond acceptors (Lipinski definition) is 5. The lowest BCUT2D eigenvalue weighted by Crippen LogP contribution is -2.48. The van der Waals surface area contributed by atoms with E-state index in [9.17, 15) is 4.79 Å². The van der Waals surface area contributed by atoms with Gasteiger partial charge in [0.25, 0.3) is 0 Å². The third-order valence-electron chi connectivity index (χ3n) is 5.77. The maximum absolute atomic E-state index is 12.6. The van der Waals surface area contributed by atoms with Crippen LogP contribution in [0.15, 0.2) is 60.7 Å². The number of rotatable bonds is 6. The minimum atomic E-state index is 0.197. The Morgan fingerprint density at radius 3 is 2.66 bits per heavy atom. The van der Waals surface area contributed by atoms with Crippen molar-refractivity contribution >= 4 is 55.0 Å². The molecule has 3 aromatic carbocycles. The number of hydrogen-bond donors (Lipinski definition) is 0. The molecule has 0 N–H and O–H groups in total. The van der Waals surface area contributed by atoms with Crippen LogP contribution in [0, 0.1) is 0 Å². The lowest BCUT2D eigenvalue weighted by Gasteiger charge is -2.34. The fourth-order valence-electron chi connectivity index (χ4n) is 4.00. The predicted molar refractivity (Wildman–Crippen MR) is 132 cm³/mol. The molecule has 0 saturated carbocycles. The van der Waals surface area contributed by atoms with E-state index in [-0.39, 0.29) is 5.91 Å². The first-order valence-corrected chi connectivity index (χ1v) is 12.1. The minimum Gasteiger partial charge on any atom is -0.494 e. The smallest absolute Gasteiger partial charge is 0.222 e. The Morgan fingerprint density at radius 1 is 1.00 bits per heavy atom. The first-order valence-electron chi connectivity index (χ1n) is 10.9. The quantitative estimate of drug-likeness (QED) is 0.347. The molecular formula is C25H24ClN3O2S. The second-order valence-electron chi connectivity index (χ2n) is 7.94. The van der Waals surface area contributed by atoms with Crippen LogP contribution >= 0.6 is 22.9 Å². The van der Waals surface area contributed by atoms with Crippen LogP contribution in [0.1, 0.15) is 12.8 Å². The van der Waals surface area contributed by atoms with Gasteiger partial charge in [-0.2, -0.15) is 0 Å². The van der Waals surface area contributed by atoms with E-state index >= 15 is 0 Å². The Labute approximate surface area is 196 Å². The highest BCUT2D eigenvalue weighted by molar-refractivity contribution is 7.22. The number of aromatic nitrogens is 1. The molecule has 1 aromatic heterocycles. The summed E-state index contributed by atoms with van der Waals surface area (Å²) in [6.07, 6.45) is 1.22. The summed E-state index contributed by atoms with van der Waals surface area (Å²) < 4.78 is 6.96. The number of benzene rings is 3. The van der Waals surface area contributed by atoms with Crippen molar-refractivity contribution in [3.05, 3.63) is 65.7 Å². The average molecular weight is 466 g/mol. The molecule has 32 heavy (non-hydrogen) atoms. The molecule has 0 unspecified atom stereocenters. The molecule has 1 fully saturated rings.